The first-order valence-corrected chi connectivity index (χ1v) is 15.0. The molecule has 2 aliphatic rings. The Labute approximate surface area is 246 Å². The zero-order chi connectivity index (χ0) is 29.8. The standard InChI is InChI=1S/C33H41N5O4/c1-20(2)26-14-13-21(3)15-30(39)36-28(16-23-18-34-27-12-8-7-11-25(23)27)33(42)38-19-24(17-29(38)32(41)37-26)35-31(40)22-9-5-4-6-10-22/h4-12,18,20-21,24,26,28-29,34H,13-17,19H2,1-3H3,(H,35,40)(H,36,39)(H,37,41)/t21-,24-,26+,28-,29+/m1/s1. The molecule has 2 saturated heterocycles. The van der Waals surface area contributed by atoms with Gasteiger partial charge in [0.15, 0.2) is 0 Å². The minimum atomic E-state index is -0.857. The summed E-state index contributed by atoms with van der Waals surface area (Å²) in [6.45, 7) is 6.35. The number of para-hydroxylation sites is 1. The van der Waals surface area contributed by atoms with E-state index in [2.05, 4.69) is 34.8 Å². The van der Waals surface area contributed by atoms with Crippen LogP contribution in [-0.2, 0) is 20.8 Å². The highest BCUT2D eigenvalue weighted by molar-refractivity contribution is 5.96. The molecule has 9 nitrogen and oxygen atoms in total. The SMILES string of the molecule is CC(C)[C@@H]1CC[C@@H](C)CC(=O)N[C@H](Cc2c[nH]c3ccccc23)C(=O)N2C[C@H](NC(=O)c3ccccc3)C[C@H]2C(=O)N1. The van der Waals surface area contributed by atoms with Crippen molar-refractivity contribution in [2.75, 3.05) is 6.54 Å². The monoisotopic (exact) mass is 571 g/mol. The summed E-state index contributed by atoms with van der Waals surface area (Å²) in [7, 11) is 0. The zero-order valence-electron chi connectivity index (χ0n) is 24.6. The second-order valence-electron chi connectivity index (χ2n) is 12.2. The van der Waals surface area contributed by atoms with Crippen molar-refractivity contribution in [1.29, 1.82) is 0 Å². The van der Waals surface area contributed by atoms with Gasteiger partial charge in [-0.2, -0.15) is 0 Å². The van der Waals surface area contributed by atoms with E-state index < -0.39 is 18.1 Å². The van der Waals surface area contributed by atoms with E-state index in [9.17, 15) is 19.2 Å². The Bertz CT molecular complexity index is 1430. The van der Waals surface area contributed by atoms with Crippen LogP contribution in [-0.4, -0.2) is 64.2 Å². The van der Waals surface area contributed by atoms with Crippen molar-refractivity contribution in [3.8, 4) is 0 Å². The van der Waals surface area contributed by atoms with Crippen LogP contribution in [0.5, 0.6) is 0 Å². The molecule has 5 rings (SSSR count). The number of fused-ring (bicyclic) bond motifs is 2. The quantitative estimate of drug-likeness (QED) is 0.374. The van der Waals surface area contributed by atoms with E-state index in [1.165, 1.54) is 0 Å². The molecule has 3 heterocycles. The molecule has 0 aliphatic carbocycles. The molecule has 4 amide bonds. The van der Waals surface area contributed by atoms with Gasteiger partial charge in [0.25, 0.3) is 5.91 Å². The summed E-state index contributed by atoms with van der Waals surface area (Å²) >= 11 is 0. The van der Waals surface area contributed by atoms with E-state index in [4.69, 9.17) is 0 Å². The third-order valence-electron chi connectivity index (χ3n) is 8.63. The lowest BCUT2D eigenvalue weighted by atomic mass is 9.92. The maximum Gasteiger partial charge on any atom is 0.251 e. The number of amides is 4. The van der Waals surface area contributed by atoms with Crippen LogP contribution < -0.4 is 16.0 Å². The van der Waals surface area contributed by atoms with Crippen molar-refractivity contribution in [2.24, 2.45) is 11.8 Å². The summed E-state index contributed by atoms with van der Waals surface area (Å²) in [6.07, 6.45) is 4.27. The smallest absolute Gasteiger partial charge is 0.251 e. The largest absolute Gasteiger partial charge is 0.361 e. The molecule has 0 bridgehead atoms. The molecule has 0 radical (unpaired) electrons. The minimum Gasteiger partial charge on any atom is -0.361 e. The highest BCUT2D eigenvalue weighted by Crippen LogP contribution is 2.25. The van der Waals surface area contributed by atoms with Crippen molar-refractivity contribution >= 4 is 34.5 Å². The molecule has 9 heteroatoms. The average molecular weight is 572 g/mol. The van der Waals surface area contributed by atoms with Gasteiger partial charge in [0, 0.05) is 54.1 Å². The summed E-state index contributed by atoms with van der Waals surface area (Å²) in [6, 6.07) is 14.6. The van der Waals surface area contributed by atoms with Crippen molar-refractivity contribution in [2.45, 2.75) is 77.0 Å². The third kappa shape index (κ3) is 6.66. The Morgan fingerprint density at radius 1 is 1.00 bits per heavy atom. The van der Waals surface area contributed by atoms with Crippen LogP contribution in [0.4, 0.5) is 0 Å². The Morgan fingerprint density at radius 3 is 2.50 bits per heavy atom. The molecule has 2 aliphatic heterocycles. The highest BCUT2D eigenvalue weighted by atomic mass is 16.2. The van der Waals surface area contributed by atoms with Gasteiger partial charge in [-0.05, 0) is 54.9 Å². The number of aromatic amines is 1. The van der Waals surface area contributed by atoms with E-state index in [-0.39, 0.29) is 54.5 Å². The maximum absolute atomic E-state index is 14.3. The van der Waals surface area contributed by atoms with Crippen LogP contribution in [0.2, 0.25) is 0 Å². The normalized spacial score (nSPS) is 25.7. The summed E-state index contributed by atoms with van der Waals surface area (Å²) in [5.74, 6) is -0.675. The summed E-state index contributed by atoms with van der Waals surface area (Å²) in [4.78, 5) is 59.1. The lowest BCUT2D eigenvalue weighted by Crippen LogP contribution is -2.55. The minimum absolute atomic E-state index is 0.0827. The van der Waals surface area contributed by atoms with Crippen LogP contribution in [0.15, 0.2) is 60.8 Å². The number of rotatable bonds is 5. The molecule has 2 aromatic carbocycles. The number of hydrogen-bond acceptors (Lipinski definition) is 4. The van der Waals surface area contributed by atoms with Gasteiger partial charge in [-0.15, -0.1) is 0 Å². The number of carbonyl (C=O) groups excluding carboxylic acids is 4. The summed E-state index contributed by atoms with van der Waals surface area (Å²) < 4.78 is 0. The molecule has 4 N–H and O–H groups in total. The maximum atomic E-state index is 14.3. The van der Waals surface area contributed by atoms with Crippen LogP contribution >= 0.6 is 0 Å². The number of H-pyrrole nitrogens is 1. The number of aromatic nitrogens is 1. The number of nitrogens with zero attached hydrogens (tertiary/aromatic N) is 1. The van der Waals surface area contributed by atoms with Gasteiger partial charge in [0.1, 0.15) is 12.1 Å². The fraction of sp³-hybridized carbons (Fsp3) is 0.455. The van der Waals surface area contributed by atoms with E-state index in [0.29, 0.717) is 18.4 Å². The molecule has 0 saturated carbocycles. The Hall–Kier alpha value is -4.14. The van der Waals surface area contributed by atoms with Crippen molar-refractivity contribution in [1.82, 2.24) is 25.8 Å². The van der Waals surface area contributed by atoms with Gasteiger partial charge >= 0.3 is 0 Å². The van der Waals surface area contributed by atoms with E-state index >= 15 is 0 Å². The van der Waals surface area contributed by atoms with Crippen molar-refractivity contribution < 1.29 is 19.2 Å². The molecule has 42 heavy (non-hydrogen) atoms. The van der Waals surface area contributed by atoms with Gasteiger partial charge in [0.2, 0.25) is 17.7 Å². The van der Waals surface area contributed by atoms with Crippen molar-refractivity contribution in [3.63, 3.8) is 0 Å². The molecular weight excluding hydrogens is 530 g/mol. The second kappa shape index (κ2) is 12.8. The van der Waals surface area contributed by atoms with Crippen LogP contribution in [0.25, 0.3) is 10.9 Å². The van der Waals surface area contributed by atoms with Gasteiger partial charge in [-0.1, -0.05) is 57.2 Å². The predicted octanol–water partition coefficient (Wildman–Crippen LogP) is 3.56. The van der Waals surface area contributed by atoms with Crippen LogP contribution in [0.3, 0.4) is 0 Å². The molecule has 3 aromatic rings. The molecule has 0 spiro atoms. The molecule has 5 atom stereocenters. The highest BCUT2D eigenvalue weighted by Gasteiger charge is 2.43. The number of nitrogens with one attached hydrogen (secondary N) is 4. The Balaban J connectivity index is 1.45. The van der Waals surface area contributed by atoms with Gasteiger partial charge in [-0.3, -0.25) is 19.2 Å². The van der Waals surface area contributed by atoms with Gasteiger partial charge < -0.3 is 25.8 Å². The first-order valence-electron chi connectivity index (χ1n) is 15.0. The molecule has 1 aromatic heterocycles. The third-order valence-corrected chi connectivity index (χ3v) is 8.63. The first kappa shape index (κ1) is 29.4. The Kier molecular flexibility index (Phi) is 8.94. The molecule has 222 valence electrons. The topological polar surface area (TPSA) is 123 Å². The van der Waals surface area contributed by atoms with E-state index in [0.717, 1.165) is 29.3 Å². The average Bonchev–Trinajstić information content (AvgIpc) is 3.58. The predicted molar refractivity (Wildman–Crippen MR) is 162 cm³/mol. The number of hydrogen-bond donors (Lipinski definition) is 4. The second-order valence-corrected chi connectivity index (χ2v) is 12.2. The van der Waals surface area contributed by atoms with Gasteiger partial charge in [0.05, 0.1) is 0 Å². The summed E-state index contributed by atoms with van der Waals surface area (Å²) in [5, 5.41) is 10.2. The molecular formula is C33H41N5O4. The summed E-state index contributed by atoms with van der Waals surface area (Å²) in [5.41, 5.74) is 2.38. The first-order chi connectivity index (χ1) is 20.2. The van der Waals surface area contributed by atoms with Crippen LogP contribution in [0, 0.1) is 11.8 Å². The van der Waals surface area contributed by atoms with E-state index in [1.54, 1.807) is 29.2 Å². The Morgan fingerprint density at radius 2 is 1.74 bits per heavy atom. The molecule has 0 unspecified atom stereocenters. The fourth-order valence-electron chi connectivity index (χ4n) is 6.20. The lowest BCUT2D eigenvalue weighted by molar-refractivity contribution is -0.141. The van der Waals surface area contributed by atoms with Crippen LogP contribution in [0.1, 0.15) is 62.4 Å². The number of carbonyl (C=O) groups is 4. The molecule has 2 fully saturated rings. The van der Waals surface area contributed by atoms with Gasteiger partial charge in [-0.25, -0.2) is 0 Å². The van der Waals surface area contributed by atoms with E-state index in [1.807, 2.05) is 43.5 Å². The fourth-order valence-corrected chi connectivity index (χ4v) is 6.20. The van der Waals surface area contributed by atoms with Crippen molar-refractivity contribution in [3.05, 3.63) is 71.9 Å². The number of benzene rings is 2. The zero-order valence-corrected chi connectivity index (χ0v) is 24.6. The lowest BCUT2D eigenvalue weighted by Gasteiger charge is -2.30.